The predicted molar refractivity (Wildman–Crippen MR) is 65.5 cm³/mol. The van der Waals surface area contributed by atoms with Crippen LogP contribution in [0.3, 0.4) is 0 Å². The van der Waals surface area contributed by atoms with Crippen molar-refractivity contribution in [2.75, 3.05) is 18.9 Å². The first-order valence-electron chi connectivity index (χ1n) is 5.44. The van der Waals surface area contributed by atoms with Crippen LogP contribution in [0.25, 0.3) is 0 Å². The number of rotatable bonds is 7. The molecule has 0 spiro atoms. The molecular formula is C10H20N4OS. The molecule has 0 aliphatic carbocycles. The van der Waals surface area contributed by atoms with E-state index in [0.29, 0.717) is 0 Å². The lowest BCUT2D eigenvalue weighted by atomic mass is 10.0. The highest BCUT2D eigenvalue weighted by atomic mass is 32.2. The molecule has 6 heteroatoms. The van der Waals surface area contributed by atoms with Crippen molar-refractivity contribution in [1.82, 2.24) is 20.1 Å². The molecule has 1 aromatic rings. The number of aryl methyl sites for hydroxylation is 1. The lowest BCUT2D eigenvalue weighted by Crippen LogP contribution is -2.46. The van der Waals surface area contributed by atoms with Crippen molar-refractivity contribution in [1.29, 1.82) is 0 Å². The zero-order valence-corrected chi connectivity index (χ0v) is 10.9. The molecule has 1 atom stereocenters. The van der Waals surface area contributed by atoms with Crippen molar-refractivity contribution in [2.24, 2.45) is 7.05 Å². The van der Waals surface area contributed by atoms with E-state index >= 15 is 0 Å². The molecule has 0 aromatic carbocycles. The van der Waals surface area contributed by atoms with E-state index < -0.39 is 0 Å². The van der Waals surface area contributed by atoms with Crippen molar-refractivity contribution in [3.63, 3.8) is 0 Å². The fraction of sp³-hybridized carbons (Fsp3) is 0.800. The van der Waals surface area contributed by atoms with Crippen LogP contribution in [-0.4, -0.2) is 44.3 Å². The first-order chi connectivity index (χ1) is 7.61. The maximum atomic E-state index is 9.32. The lowest BCUT2D eigenvalue weighted by molar-refractivity contribution is 0.173. The number of aliphatic hydroxyl groups is 1. The Balaban J connectivity index is 2.36. The van der Waals surface area contributed by atoms with Crippen LogP contribution in [0.2, 0.25) is 0 Å². The second-order valence-electron chi connectivity index (χ2n) is 4.07. The molecule has 5 nitrogen and oxygen atoms in total. The predicted octanol–water partition coefficient (Wildman–Crippen LogP) is 0.658. The molecule has 2 N–H and O–H groups in total. The maximum Gasteiger partial charge on any atom is 0.190 e. The Morgan fingerprint density at radius 3 is 2.88 bits per heavy atom. The number of aliphatic hydroxyl groups excluding tert-OH is 1. The maximum absolute atomic E-state index is 9.32. The number of aromatic nitrogens is 3. The van der Waals surface area contributed by atoms with Crippen LogP contribution in [0.4, 0.5) is 0 Å². The molecule has 0 aliphatic heterocycles. The number of thioether (sulfide) groups is 1. The van der Waals surface area contributed by atoms with E-state index in [0.717, 1.165) is 23.9 Å². The topological polar surface area (TPSA) is 63.0 Å². The lowest BCUT2D eigenvalue weighted by Gasteiger charge is -2.28. The van der Waals surface area contributed by atoms with Gasteiger partial charge in [0.05, 0.1) is 6.61 Å². The zero-order chi connectivity index (χ0) is 12.0. The average molecular weight is 244 g/mol. The van der Waals surface area contributed by atoms with Crippen molar-refractivity contribution in [3.8, 4) is 0 Å². The standard InChI is InChI=1S/C10H20N4OS/c1-4-11-10(2,7-15)5-6-16-9-13-12-8-14(9)3/h8,11,15H,4-7H2,1-3H3. The van der Waals surface area contributed by atoms with Crippen LogP contribution >= 0.6 is 11.8 Å². The molecule has 1 heterocycles. The zero-order valence-electron chi connectivity index (χ0n) is 10.1. The molecule has 0 radical (unpaired) electrons. The molecular weight excluding hydrogens is 224 g/mol. The Hall–Kier alpha value is -0.590. The number of nitrogens with one attached hydrogen (secondary N) is 1. The van der Waals surface area contributed by atoms with Gasteiger partial charge in [0, 0.05) is 18.3 Å². The van der Waals surface area contributed by atoms with Crippen LogP contribution in [0.15, 0.2) is 11.5 Å². The van der Waals surface area contributed by atoms with Crippen molar-refractivity contribution in [2.45, 2.75) is 31.0 Å². The highest BCUT2D eigenvalue weighted by Gasteiger charge is 2.21. The van der Waals surface area contributed by atoms with Gasteiger partial charge in [0.15, 0.2) is 5.16 Å². The van der Waals surface area contributed by atoms with Crippen LogP contribution in [0.5, 0.6) is 0 Å². The second-order valence-corrected chi connectivity index (χ2v) is 5.13. The van der Waals surface area contributed by atoms with E-state index in [1.54, 1.807) is 18.1 Å². The molecule has 0 amide bonds. The minimum Gasteiger partial charge on any atom is -0.394 e. The van der Waals surface area contributed by atoms with Gasteiger partial charge in [-0.15, -0.1) is 10.2 Å². The van der Waals surface area contributed by atoms with Crippen LogP contribution in [0, 0.1) is 0 Å². The minimum absolute atomic E-state index is 0.153. The Morgan fingerprint density at radius 1 is 1.62 bits per heavy atom. The first-order valence-corrected chi connectivity index (χ1v) is 6.42. The summed E-state index contributed by atoms with van der Waals surface area (Å²) in [5.74, 6) is 0.913. The van der Waals surface area contributed by atoms with E-state index in [1.165, 1.54) is 0 Å². The fourth-order valence-electron chi connectivity index (χ4n) is 1.42. The summed E-state index contributed by atoms with van der Waals surface area (Å²) in [6.07, 6.45) is 2.59. The molecule has 0 bridgehead atoms. The van der Waals surface area contributed by atoms with Crippen LogP contribution in [0.1, 0.15) is 20.3 Å². The van der Waals surface area contributed by atoms with Crippen molar-refractivity contribution in [3.05, 3.63) is 6.33 Å². The van der Waals surface area contributed by atoms with Crippen molar-refractivity contribution >= 4 is 11.8 Å². The molecule has 1 unspecified atom stereocenters. The molecule has 16 heavy (non-hydrogen) atoms. The molecule has 1 aromatic heterocycles. The summed E-state index contributed by atoms with van der Waals surface area (Å²) in [6, 6.07) is 0. The SMILES string of the molecule is CCNC(C)(CO)CCSc1nncn1C. The quantitative estimate of drug-likeness (QED) is 0.690. The molecule has 1 rings (SSSR count). The van der Waals surface area contributed by atoms with Gasteiger partial charge in [0.2, 0.25) is 0 Å². The number of hydrogen-bond acceptors (Lipinski definition) is 5. The highest BCUT2D eigenvalue weighted by Crippen LogP contribution is 2.19. The molecule has 92 valence electrons. The Bertz CT molecular complexity index is 318. The largest absolute Gasteiger partial charge is 0.394 e. The first kappa shape index (κ1) is 13.5. The number of likely N-dealkylation sites (N-methyl/N-ethyl adjacent to an activating group) is 1. The molecule has 0 fully saturated rings. The third-order valence-electron chi connectivity index (χ3n) is 2.51. The van der Waals surface area contributed by atoms with Gasteiger partial charge in [-0.25, -0.2) is 0 Å². The summed E-state index contributed by atoms with van der Waals surface area (Å²) in [6.45, 7) is 5.10. The van der Waals surface area contributed by atoms with E-state index in [4.69, 9.17) is 0 Å². The van der Waals surface area contributed by atoms with Gasteiger partial charge in [-0.3, -0.25) is 0 Å². The van der Waals surface area contributed by atoms with Gasteiger partial charge in [-0.1, -0.05) is 18.7 Å². The van der Waals surface area contributed by atoms with E-state index in [2.05, 4.69) is 15.5 Å². The Morgan fingerprint density at radius 2 is 2.38 bits per heavy atom. The average Bonchev–Trinajstić information content (AvgIpc) is 2.65. The number of nitrogens with zero attached hydrogens (tertiary/aromatic N) is 3. The van der Waals surface area contributed by atoms with E-state index in [-0.39, 0.29) is 12.1 Å². The van der Waals surface area contributed by atoms with Gasteiger partial charge in [0.1, 0.15) is 6.33 Å². The third kappa shape index (κ3) is 3.77. The summed E-state index contributed by atoms with van der Waals surface area (Å²) < 4.78 is 1.90. The number of hydrogen-bond donors (Lipinski definition) is 2. The molecule has 0 aliphatic rings. The normalized spacial score (nSPS) is 15.0. The Labute approximate surface area is 101 Å². The summed E-state index contributed by atoms with van der Waals surface area (Å²) in [5, 5.41) is 21.4. The van der Waals surface area contributed by atoms with Crippen molar-refractivity contribution < 1.29 is 5.11 Å². The highest BCUT2D eigenvalue weighted by molar-refractivity contribution is 7.99. The van der Waals surface area contributed by atoms with E-state index in [9.17, 15) is 5.11 Å². The van der Waals surface area contributed by atoms with Gasteiger partial charge in [-0.05, 0) is 19.9 Å². The van der Waals surface area contributed by atoms with Gasteiger partial charge >= 0.3 is 0 Å². The van der Waals surface area contributed by atoms with Crippen LogP contribution < -0.4 is 5.32 Å². The summed E-state index contributed by atoms with van der Waals surface area (Å²) in [5.41, 5.74) is -0.194. The minimum atomic E-state index is -0.194. The molecule has 0 saturated carbocycles. The van der Waals surface area contributed by atoms with Gasteiger partial charge in [-0.2, -0.15) is 0 Å². The fourth-order valence-corrected chi connectivity index (χ4v) is 2.51. The Kier molecular flexibility index (Phi) is 5.24. The third-order valence-corrected chi connectivity index (χ3v) is 3.54. The monoisotopic (exact) mass is 244 g/mol. The van der Waals surface area contributed by atoms with E-state index in [1.807, 2.05) is 25.5 Å². The van der Waals surface area contributed by atoms with Gasteiger partial charge < -0.3 is 15.0 Å². The summed E-state index contributed by atoms with van der Waals surface area (Å²) in [7, 11) is 1.93. The van der Waals surface area contributed by atoms with Gasteiger partial charge in [0.25, 0.3) is 0 Å². The smallest absolute Gasteiger partial charge is 0.190 e. The molecule has 0 saturated heterocycles. The second kappa shape index (κ2) is 6.22. The summed E-state index contributed by atoms with van der Waals surface area (Å²) >= 11 is 1.66. The van der Waals surface area contributed by atoms with Crippen LogP contribution in [-0.2, 0) is 7.05 Å². The summed E-state index contributed by atoms with van der Waals surface area (Å²) in [4.78, 5) is 0.